The number of hydrogen-bond acceptors (Lipinski definition) is 1. The largest absolute Gasteiger partial charge is 0.265 e. The van der Waals surface area contributed by atoms with Crippen LogP contribution in [0.1, 0.15) is 0 Å². The van der Waals surface area contributed by atoms with Crippen molar-refractivity contribution in [2.45, 2.75) is 0 Å². The molecule has 0 aliphatic rings. The summed E-state index contributed by atoms with van der Waals surface area (Å²) in [7, 11) is 0. The molecule has 0 saturated heterocycles. The molecule has 0 aromatic carbocycles. The number of aliphatic imine (C=N–C) groups is 1. The molecule has 0 unspecified atom stereocenters. The van der Waals surface area contributed by atoms with Gasteiger partial charge in [-0.25, -0.2) is 0 Å². The minimum atomic E-state index is 1.61. The van der Waals surface area contributed by atoms with Crippen molar-refractivity contribution >= 4 is 6.21 Å². The van der Waals surface area contributed by atoms with E-state index in [2.05, 4.69) is 18.2 Å². The lowest BCUT2D eigenvalue weighted by Crippen LogP contribution is -1.55. The highest BCUT2D eigenvalue weighted by molar-refractivity contribution is 5.70. The van der Waals surface area contributed by atoms with Crippen LogP contribution in [0.4, 0.5) is 0 Å². The zero-order valence-corrected chi connectivity index (χ0v) is 4.75. The Balaban J connectivity index is 3.41. The first-order valence-electron chi connectivity index (χ1n) is 2.33. The van der Waals surface area contributed by atoms with E-state index in [0.717, 1.165) is 0 Å². The first kappa shape index (κ1) is 6.89. The SMILES string of the molecule is C=CC=N/C=C\C=C. The second-order valence-electron chi connectivity index (χ2n) is 1.11. The number of nitrogens with zero attached hydrogens (tertiary/aromatic N) is 1. The van der Waals surface area contributed by atoms with E-state index in [0.29, 0.717) is 0 Å². The lowest BCUT2D eigenvalue weighted by atomic mass is 10.6. The third kappa shape index (κ3) is 4.89. The smallest absolute Gasteiger partial charge is 0.0267 e. The van der Waals surface area contributed by atoms with Gasteiger partial charge in [-0.2, -0.15) is 0 Å². The molecule has 0 aromatic rings. The minimum absolute atomic E-state index is 1.61. The molecule has 0 spiro atoms. The van der Waals surface area contributed by atoms with Crippen LogP contribution in [0.2, 0.25) is 0 Å². The molecule has 0 rings (SSSR count). The minimum Gasteiger partial charge on any atom is -0.265 e. The molecule has 0 atom stereocenters. The monoisotopic (exact) mass is 107 g/mol. The summed E-state index contributed by atoms with van der Waals surface area (Å²) in [6.45, 7) is 6.92. The van der Waals surface area contributed by atoms with Crippen LogP contribution in [0.5, 0.6) is 0 Å². The number of hydrogen-bond donors (Lipinski definition) is 0. The van der Waals surface area contributed by atoms with Crippen molar-refractivity contribution in [1.29, 1.82) is 0 Å². The highest BCUT2D eigenvalue weighted by Crippen LogP contribution is 1.72. The molecule has 0 heterocycles. The average Bonchev–Trinajstić information content (AvgIpc) is 1.81. The molecule has 42 valence electrons. The summed E-state index contributed by atoms with van der Waals surface area (Å²) >= 11 is 0. The number of rotatable bonds is 3. The zero-order valence-electron chi connectivity index (χ0n) is 4.75. The van der Waals surface area contributed by atoms with Gasteiger partial charge in [0.15, 0.2) is 0 Å². The van der Waals surface area contributed by atoms with Crippen molar-refractivity contribution in [3.8, 4) is 0 Å². The summed E-state index contributed by atoms with van der Waals surface area (Å²) in [6.07, 6.45) is 8.29. The van der Waals surface area contributed by atoms with Crippen LogP contribution in [0.15, 0.2) is 42.6 Å². The Morgan fingerprint density at radius 1 is 1.12 bits per heavy atom. The molecule has 0 fully saturated rings. The summed E-state index contributed by atoms with van der Waals surface area (Å²) < 4.78 is 0. The highest BCUT2D eigenvalue weighted by Gasteiger charge is 1.54. The summed E-state index contributed by atoms with van der Waals surface area (Å²) in [5.41, 5.74) is 0. The Hall–Kier alpha value is -1.11. The van der Waals surface area contributed by atoms with Crippen molar-refractivity contribution in [3.63, 3.8) is 0 Å². The fourth-order valence-electron chi connectivity index (χ4n) is 0.221. The molecular formula is C7H9N. The normalized spacial score (nSPS) is 10.5. The van der Waals surface area contributed by atoms with Gasteiger partial charge in [0, 0.05) is 12.4 Å². The van der Waals surface area contributed by atoms with E-state index in [9.17, 15) is 0 Å². The van der Waals surface area contributed by atoms with Crippen LogP contribution < -0.4 is 0 Å². The summed E-state index contributed by atoms with van der Waals surface area (Å²) in [5, 5.41) is 0. The topological polar surface area (TPSA) is 12.4 Å². The molecule has 0 amide bonds. The van der Waals surface area contributed by atoms with Crippen LogP contribution in [-0.2, 0) is 0 Å². The summed E-state index contributed by atoms with van der Waals surface area (Å²) in [6, 6.07) is 0. The highest BCUT2D eigenvalue weighted by atomic mass is 14.6. The second kappa shape index (κ2) is 5.89. The van der Waals surface area contributed by atoms with Gasteiger partial charge >= 0.3 is 0 Å². The van der Waals surface area contributed by atoms with E-state index in [4.69, 9.17) is 0 Å². The molecule has 0 bridgehead atoms. The van der Waals surface area contributed by atoms with Crippen molar-refractivity contribution in [2.24, 2.45) is 4.99 Å². The van der Waals surface area contributed by atoms with Crippen LogP contribution in [0.3, 0.4) is 0 Å². The lowest BCUT2D eigenvalue weighted by molar-refractivity contribution is 1.60. The number of allylic oxidation sites excluding steroid dienone is 3. The van der Waals surface area contributed by atoms with Crippen molar-refractivity contribution in [3.05, 3.63) is 37.6 Å². The maximum Gasteiger partial charge on any atom is 0.0267 e. The van der Waals surface area contributed by atoms with Crippen molar-refractivity contribution in [2.75, 3.05) is 0 Å². The summed E-state index contributed by atoms with van der Waals surface area (Å²) in [4.78, 5) is 3.78. The first-order valence-corrected chi connectivity index (χ1v) is 2.33. The first-order chi connectivity index (χ1) is 3.91. The molecule has 0 aliphatic heterocycles. The van der Waals surface area contributed by atoms with Crippen LogP contribution in [0, 0.1) is 0 Å². The molecule has 8 heavy (non-hydrogen) atoms. The van der Waals surface area contributed by atoms with Gasteiger partial charge in [-0.1, -0.05) is 25.3 Å². The average molecular weight is 107 g/mol. The molecule has 0 aromatic heterocycles. The van der Waals surface area contributed by atoms with Gasteiger partial charge in [0.2, 0.25) is 0 Å². The Kier molecular flexibility index (Phi) is 5.07. The van der Waals surface area contributed by atoms with E-state index in [1.54, 1.807) is 30.6 Å². The maximum absolute atomic E-state index is 3.78. The molecule has 1 nitrogen and oxygen atoms in total. The zero-order chi connectivity index (χ0) is 6.24. The Morgan fingerprint density at radius 2 is 1.88 bits per heavy atom. The molecule has 0 aliphatic carbocycles. The molecule has 1 heteroatoms. The van der Waals surface area contributed by atoms with Gasteiger partial charge in [0.25, 0.3) is 0 Å². The van der Waals surface area contributed by atoms with Crippen molar-refractivity contribution in [1.82, 2.24) is 0 Å². The van der Waals surface area contributed by atoms with E-state index in [1.807, 2.05) is 0 Å². The fourth-order valence-corrected chi connectivity index (χ4v) is 0.221. The van der Waals surface area contributed by atoms with Gasteiger partial charge in [-0.05, 0) is 6.08 Å². The van der Waals surface area contributed by atoms with E-state index in [1.165, 1.54) is 0 Å². The van der Waals surface area contributed by atoms with Crippen LogP contribution in [0.25, 0.3) is 0 Å². The van der Waals surface area contributed by atoms with Gasteiger partial charge in [-0.3, -0.25) is 4.99 Å². The third-order valence-corrected chi connectivity index (χ3v) is 0.500. The van der Waals surface area contributed by atoms with Gasteiger partial charge in [-0.15, -0.1) is 0 Å². The molecule has 0 saturated carbocycles. The lowest BCUT2D eigenvalue weighted by Gasteiger charge is -1.68. The predicted octanol–water partition coefficient (Wildman–Crippen LogP) is 1.94. The summed E-state index contributed by atoms with van der Waals surface area (Å²) in [5.74, 6) is 0. The van der Waals surface area contributed by atoms with Gasteiger partial charge in [0.1, 0.15) is 0 Å². The fraction of sp³-hybridized carbons (Fsp3) is 0. The molecule has 0 radical (unpaired) electrons. The second-order valence-corrected chi connectivity index (χ2v) is 1.11. The predicted molar refractivity (Wildman–Crippen MR) is 38.0 cm³/mol. The van der Waals surface area contributed by atoms with E-state index in [-0.39, 0.29) is 0 Å². The Bertz CT molecular complexity index is 104. The Morgan fingerprint density at radius 3 is 2.38 bits per heavy atom. The van der Waals surface area contributed by atoms with E-state index >= 15 is 0 Å². The third-order valence-electron chi connectivity index (χ3n) is 0.500. The maximum atomic E-state index is 3.78. The van der Waals surface area contributed by atoms with Crippen LogP contribution in [-0.4, -0.2) is 6.21 Å². The van der Waals surface area contributed by atoms with E-state index < -0.39 is 0 Å². The molecular weight excluding hydrogens is 98.1 g/mol. The standard InChI is InChI=1S/C7H9N/c1-3-5-7-8-6-4-2/h3-7H,1-2H2/b7-5-,8-6?. The van der Waals surface area contributed by atoms with Gasteiger partial charge < -0.3 is 0 Å². The Labute approximate surface area is 49.8 Å². The molecule has 0 N–H and O–H groups in total. The van der Waals surface area contributed by atoms with Gasteiger partial charge in [0.05, 0.1) is 0 Å². The van der Waals surface area contributed by atoms with Crippen LogP contribution >= 0.6 is 0 Å². The van der Waals surface area contributed by atoms with Crippen molar-refractivity contribution < 1.29 is 0 Å². The quantitative estimate of drug-likeness (QED) is 0.386.